The molecule has 3 aliphatic heterocycles. The van der Waals surface area contributed by atoms with Gasteiger partial charge in [0.05, 0.1) is 11.8 Å². The highest BCUT2D eigenvalue weighted by Crippen LogP contribution is 2.35. The molecule has 0 spiro atoms. The third-order valence-electron chi connectivity index (χ3n) is 9.14. The highest BCUT2D eigenvalue weighted by molar-refractivity contribution is 5.97. The van der Waals surface area contributed by atoms with Crippen LogP contribution in [0.25, 0.3) is 0 Å². The Morgan fingerprint density at radius 3 is 2.71 bits per heavy atom. The molecule has 1 amide bonds. The number of rotatable bonds is 10. The minimum Gasteiger partial charge on any atom is -0.490 e. The zero-order chi connectivity index (χ0) is 31.3. The Hall–Kier alpha value is -3.83. The van der Waals surface area contributed by atoms with E-state index in [0.717, 1.165) is 76.5 Å². The molecule has 1 atom stereocenters. The summed E-state index contributed by atoms with van der Waals surface area (Å²) in [6, 6.07) is 6.01. The van der Waals surface area contributed by atoms with Gasteiger partial charge >= 0.3 is 0 Å². The number of aromatic nitrogens is 3. The number of ether oxygens (including phenoxy) is 2. The Balaban J connectivity index is 1.12. The lowest BCUT2D eigenvalue weighted by molar-refractivity contribution is 0.0713. The second-order valence-corrected chi connectivity index (χ2v) is 12.5. The van der Waals surface area contributed by atoms with E-state index in [1.54, 1.807) is 11.1 Å². The molecule has 3 aromatic rings. The van der Waals surface area contributed by atoms with E-state index in [-0.39, 0.29) is 29.4 Å². The number of pyridine rings is 1. The summed E-state index contributed by atoms with van der Waals surface area (Å²) in [4.78, 5) is 33.2. The predicted octanol–water partition coefficient (Wildman–Crippen LogP) is 4.69. The molecule has 11 heteroatoms. The lowest BCUT2D eigenvalue weighted by Gasteiger charge is -2.35. The summed E-state index contributed by atoms with van der Waals surface area (Å²) in [5.74, 6) is 2.23. The van der Waals surface area contributed by atoms with Crippen molar-refractivity contribution in [3.63, 3.8) is 0 Å². The van der Waals surface area contributed by atoms with Crippen molar-refractivity contribution in [3.8, 4) is 17.2 Å². The highest BCUT2D eigenvalue weighted by Gasteiger charge is 2.29. The van der Waals surface area contributed by atoms with Crippen molar-refractivity contribution in [3.05, 3.63) is 65.6 Å². The summed E-state index contributed by atoms with van der Waals surface area (Å²) in [5.41, 5.74) is 2.56. The lowest BCUT2D eigenvalue weighted by Crippen LogP contribution is -2.39. The van der Waals surface area contributed by atoms with Gasteiger partial charge in [0.25, 0.3) is 5.91 Å². The van der Waals surface area contributed by atoms with Crippen LogP contribution in [0.5, 0.6) is 17.2 Å². The van der Waals surface area contributed by atoms with Crippen molar-refractivity contribution in [1.82, 2.24) is 30.1 Å². The maximum absolute atomic E-state index is 14.3. The summed E-state index contributed by atoms with van der Waals surface area (Å²) >= 11 is 0. The molecule has 6 rings (SSSR count). The number of amides is 1. The second-order valence-electron chi connectivity index (χ2n) is 12.5. The van der Waals surface area contributed by atoms with Crippen LogP contribution < -0.4 is 19.7 Å². The Bertz CT molecular complexity index is 1470. The topological polar surface area (TPSA) is 96.0 Å². The van der Waals surface area contributed by atoms with E-state index in [9.17, 15) is 9.18 Å². The number of hydrogen-bond donors (Lipinski definition) is 1. The molecule has 1 aromatic carbocycles. The molecular weight excluding hydrogens is 573 g/mol. The van der Waals surface area contributed by atoms with Crippen molar-refractivity contribution in [1.29, 1.82) is 0 Å². The second kappa shape index (κ2) is 14.1. The van der Waals surface area contributed by atoms with Crippen molar-refractivity contribution in [2.24, 2.45) is 5.92 Å². The number of nitrogens with one attached hydrogen (secondary N) is 1. The number of halogens is 1. The average molecular weight is 618 g/mol. The smallest absolute Gasteiger partial charge is 0.257 e. The number of nitrogens with zero attached hydrogens (tertiary/aromatic N) is 6. The van der Waals surface area contributed by atoms with Crippen molar-refractivity contribution in [2.45, 2.75) is 65.1 Å². The summed E-state index contributed by atoms with van der Waals surface area (Å²) in [5, 5.41) is 3.48. The molecule has 2 aromatic heterocycles. The standard InChI is InChI=1S/C34H44FN7O3/c1-4-42(23(2)3)34(43)27-17-25(35)5-6-30(27)45-32-19-37-22-39-33(32)41-15-9-26(10-16-41)44-31-8-13-38-29-11-14-40(21-28(29)31)20-24-7-12-36-18-24/h5-6,8,13,17,19,22-24,26,36H,4,7,9-12,14-16,18,20-21H2,1-3H3/t24-/m1/s1. The summed E-state index contributed by atoms with van der Waals surface area (Å²) in [6.07, 6.45) is 8.88. The quantitative estimate of drug-likeness (QED) is 0.348. The SMILES string of the molecule is CCN(C(=O)c1cc(F)ccc1Oc1cncnc1N1CCC(Oc2ccnc3c2CN(C[C@@H]2CCNC2)CC3)CC1)C(C)C. The normalized spacial score (nSPS) is 19.0. The van der Waals surface area contributed by atoms with Gasteiger partial charge in [-0.3, -0.25) is 14.7 Å². The summed E-state index contributed by atoms with van der Waals surface area (Å²) < 4.78 is 27.2. The molecule has 10 nitrogen and oxygen atoms in total. The fourth-order valence-electron chi connectivity index (χ4n) is 6.73. The molecular formula is C34H44FN7O3. The van der Waals surface area contributed by atoms with Crippen LogP contribution in [0.15, 0.2) is 43.0 Å². The molecule has 2 fully saturated rings. The summed E-state index contributed by atoms with van der Waals surface area (Å²) in [6.45, 7) is 13.0. The number of anilines is 1. The van der Waals surface area contributed by atoms with Crippen LogP contribution in [-0.2, 0) is 13.0 Å². The molecule has 0 radical (unpaired) electrons. The Morgan fingerprint density at radius 2 is 1.96 bits per heavy atom. The molecule has 2 saturated heterocycles. The van der Waals surface area contributed by atoms with Crippen LogP contribution >= 0.6 is 0 Å². The van der Waals surface area contributed by atoms with Crippen molar-refractivity contribution >= 4 is 11.7 Å². The molecule has 5 heterocycles. The van der Waals surface area contributed by atoms with Gasteiger partial charge in [0.2, 0.25) is 0 Å². The Morgan fingerprint density at radius 1 is 1.11 bits per heavy atom. The van der Waals surface area contributed by atoms with Crippen LogP contribution in [-0.4, -0.2) is 88.6 Å². The molecule has 3 aliphatic rings. The number of hydrogen-bond acceptors (Lipinski definition) is 9. The highest BCUT2D eigenvalue weighted by atomic mass is 19.1. The summed E-state index contributed by atoms with van der Waals surface area (Å²) in [7, 11) is 0. The van der Waals surface area contributed by atoms with Crippen LogP contribution in [0.4, 0.5) is 10.2 Å². The third-order valence-corrected chi connectivity index (χ3v) is 9.14. The molecule has 0 saturated carbocycles. The fraction of sp³-hybridized carbons (Fsp3) is 0.529. The largest absolute Gasteiger partial charge is 0.490 e. The zero-order valence-electron chi connectivity index (χ0n) is 26.5. The van der Waals surface area contributed by atoms with Gasteiger partial charge in [-0.15, -0.1) is 0 Å². The number of piperidine rings is 1. The minimum atomic E-state index is -0.494. The lowest BCUT2D eigenvalue weighted by atomic mass is 10.0. The first-order valence-electron chi connectivity index (χ1n) is 16.3. The predicted molar refractivity (Wildman–Crippen MR) is 170 cm³/mol. The van der Waals surface area contributed by atoms with Gasteiger partial charge < -0.3 is 24.6 Å². The van der Waals surface area contributed by atoms with Gasteiger partial charge in [-0.25, -0.2) is 14.4 Å². The first-order valence-corrected chi connectivity index (χ1v) is 16.3. The maximum atomic E-state index is 14.3. The molecule has 1 N–H and O–H groups in total. The maximum Gasteiger partial charge on any atom is 0.257 e. The molecule has 0 unspecified atom stereocenters. The van der Waals surface area contributed by atoms with Crippen LogP contribution in [0.3, 0.4) is 0 Å². The van der Waals surface area contributed by atoms with E-state index < -0.39 is 5.82 Å². The van der Waals surface area contributed by atoms with E-state index in [2.05, 4.69) is 30.1 Å². The van der Waals surface area contributed by atoms with Crippen LogP contribution in [0, 0.1) is 11.7 Å². The van der Waals surface area contributed by atoms with Gasteiger partial charge in [0.1, 0.15) is 29.7 Å². The van der Waals surface area contributed by atoms with Crippen LogP contribution in [0.2, 0.25) is 0 Å². The number of carbonyl (C=O) groups is 1. The van der Waals surface area contributed by atoms with Gasteiger partial charge in [0.15, 0.2) is 11.6 Å². The molecule has 45 heavy (non-hydrogen) atoms. The molecule has 240 valence electrons. The van der Waals surface area contributed by atoms with Gasteiger partial charge in [-0.05, 0) is 70.5 Å². The average Bonchev–Trinajstić information content (AvgIpc) is 3.56. The van der Waals surface area contributed by atoms with E-state index in [4.69, 9.17) is 9.47 Å². The first-order chi connectivity index (χ1) is 21.9. The third kappa shape index (κ3) is 7.20. The number of benzene rings is 1. The van der Waals surface area contributed by atoms with E-state index in [1.807, 2.05) is 33.0 Å². The van der Waals surface area contributed by atoms with E-state index in [0.29, 0.717) is 24.0 Å². The van der Waals surface area contributed by atoms with Crippen molar-refractivity contribution < 1.29 is 18.7 Å². The van der Waals surface area contributed by atoms with Crippen molar-refractivity contribution in [2.75, 3.05) is 50.7 Å². The fourth-order valence-corrected chi connectivity index (χ4v) is 6.73. The Kier molecular flexibility index (Phi) is 9.75. The Labute approximate surface area is 265 Å². The first kappa shape index (κ1) is 31.2. The zero-order valence-corrected chi connectivity index (χ0v) is 26.5. The van der Waals surface area contributed by atoms with Gasteiger partial charge in [-0.2, -0.15) is 0 Å². The molecule has 0 bridgehead atoms. The molecule has 0 aliphatic carbocycles. The number of fused-ring (bicyclic) bond motifs is 1. The van der Waals surface area contributed by atoms with Gasteiger partial charge in [-0.1, -0.05) is 0 Å². The van der Waals surface area contributed by atoms with Crippen LogP contribution in [0.1, 0.15) is 61.6 Å². The number of carbonyl (C=O) groups excluding carboxylic acids is 1. The monoisotopic (exact) mass is 617 g/mol. The van der Waals surface area contributed by atoms with E-state index in [1.165, 1.54) is 36.5 Å². The minimum absolute atomic E-state index is 0.0381. The van der Waals surface area contributed by atoms with Gasteiger partial charge in [0, 0.05) is 82.0 Å². The van der Waals surface area contributed by atoms with E-state index >= 15 is 0 Å².